The molecule has 11 rings (SSSR count). The summed E-state index contributed by atoms with van der Waals surface area (Å²) in [6.07, 6.45) is 0.998. The van der Waals surface area contributed by atoms with Crippen molar-refractivity contribution in [1.82, 2.24) is 13.9 Å². The van der Waals surface area contributed by atoms with Gasteiger partial charge in [-0.25, -0.2) is 23.5 Å². The van der Waals surface area contributed by atoms with Gasteiger partial charge in [0.25, 0.3) is 0 Å². The summed E-state index contributed by atoms with van der Waals surface area (Å²) in [6, 6.07) is 9.60. The summed E-state index contributed by atoms with van der Waals surface area (Å²) in [6.45, 7) is 0. The molecule has 1 aromatic carbocycles. The molecule has 5 heterocycles. The van der Waals surface area contributed by atoms with Gasteiger partial charge in [0.15, 0.2) is 0 Å². The van der Waals surface area contributed by atoms with Gasteiger partial charge in [-0.15, -0.1) is 0 Å². The smallest absolute Gasteiger partial charge is 0.352 e. The highest BCUT2D eigenvalue weighted by atomic mass is 16.7. The zero-order chi connectivity index (χ0) is 17.2. The van der Waals surface area contributed by atoms with Crippen molar-refractivity contribution in [3.8, 4) is 5.69 Å². The summed E-state index contributed by atoms with van der Waals surface area (Å²) in [7, 11) is 0. The second-order valence-electron chi connectivity index (χ2n) is 9.93. The third-order valence-corrected chi connectivity index (χ3v) is 9.85. The number of para-hydroxylation sites is 1. The monoisotopic (exact) mass is 361 g/mol. The Hall–Kier alpha value is -2.12. The summed E-state index contributed by atoms with van der Waals surface area (Å²) >= 11 is 0. The molecule has 7 nitrogen and oxygen atoms in total. The summed E-state index contributed by atoms with van der Waals surface area (Å²) < 4.78 is 17.4. The number of hydrogen-bond acceptors (Lipinski definition) is 4. The van der Waals surface area contributed by atoms with Gasteiger partial charge in [-0.1, -0.05) is 18.2 Å². The number of rotatable bonds is 1. The van der Waals surface area contributed by atoms with E-state index in [0.717, 1.165) is 0 Å². The molecule has 1 aromatic heterocycles. The van der Waals surface area contributed by atoms with E-state index in [-0.39, 0.29) is 58.7 Å². The van der Waals surface area contributed by atoms with Gasteiger partial charge in [-0.2, -0.15) is 0 Å². The Morgan fingerprint density at radius 1 is 0.778 bits per heavy atom. The van der Waals surface area contributed by atoms with Gasteiger partial charge in [0.1, 0.15) is 12.2 Å². The van der Waals surface area contributed by atoms with Crippen LogP contribution in [-0.4, -0.2) is 38.3 Å². The van der Waals surface area contributed by atoms with Gasteiger partial charge >= 0.3 is 11.4 Å². The molecule has 12 atom stereocenters. The minimum atomic E-state index is -0.170. The molecular formula is C20H15N3O4. The fraction of sp³-hybridized carbons (Fsp3) is 0.600. The Balaban J connectivity index is 1.34. The number of nitrogens with zero attached hydrogens (tertiary/aromatic N) is 3. The van der Waals surface area contributed by atoms with E-state index < -0.39 is 0 Å². The molecule has 2 spiro atoms. The molecule has 7 heteroatoms. The van der Waals surface area contributed by atoms with Crippen LogP contribution in [0.1, 0.15) is 12.1 Å². The standard InChI is InChI=1S/C20H15N3O4/c24-17-21(6-4-2-1-3-5-6)18(25)23-14-9-7-8(9)13(22(17)23)19-12(7)20(14,19)16-11(27-16)10-15(19)26-10/h1-5,7-16H/t7?,8-,9-,10-,11+,12?,13-,14-,15-,16+,19-,20+/m0/s1. The molecule has 0 radical (unpaired) electrons. The van der Waals surface area contributed by atoms with Crippen LogP contribution in [0.2, 0.25) is 0 Å². The highest BCUT2D eigenvalue weighted by molar-refractivity contribution is 5.56. The molecular weight excluding hydrogens is 346 g/mol. The number of aromatic nitrogens is 3. The topological polar surface area (TPSA) is 74.0 Å². The molecule has 2 saturated heterocycles. The van der Waals surface area contributed by atoms with E-state index in [1.54, 1.807) is 0 Å². The maximum Gasteiger partial charge on any atom is 0.352 e. The van der Waals surface area contributed by atoms with Gasteiger partial charge in [0.2, 0.25) is 0 Å². The number of ether oxygens (including phenoxy) is 2. The largest absolute Gasteiger partial charge is 0.366 e. The van der Waals surface area contributed by atoms with Crippen molar-refractivity contribution in [3.05, 3.63) is 51.3 Å². The first-order chi connectivity index (χ1) is 13.3. The van der Waals surface area contributed by atoms with Crippen LogP contribution in [0.25, 0.3) is 5.69 Å². The van der Waals surface area contributed by atoms with Crippen LogP contribution in [0.5, 0.6) is 0 Å². The lowest BCUT2D eigenvalue weighted by Crippen LogP contribution is -2.57. The molecule has 7 fully saturated rings. The van der Waals surface area contributed by atoms with Crippen molar-refractivity contribution in [2.75, 3.05) is 0 Å². The van der Waals surface area contributed by atoms with E-state index in [1.807, 2.05) is 39.7 Å². The van der Waals surface area contributed by atoms with Gasteiger partial charge in [-0.3, -0.25) is 0 Å². The molecule has 134 valence electrons. The summed E-state index contributed by atoms with van der Waals surface area (Å²) in [5.41, 5.74) is 0.468. The fourth-order valence-electron chi connectivity index (χ4n) is 9.63. The zero-order valence-corrected chi connectivity index (χ0v) is 14.1. The minimum Gasteiger partial charge on any atom is -0.366 e. The predicted molar refractivity (Wildman–Crippen MR) is 88.5 cm³/mol. The van der Waals surface area contributed by atoms with Crippen LogP contribution in [0.15, 0.2) is 39.9 Å². The summed E-state index contributed by atoms with van der Waals surface area (Å²) in [4.78, 5) is 27.0. The molecule has 9 aliphatic rings. The molecule has 27 heavy (non-hydrogen) atoms. The SMILES string of the molecule is O=c1n(-c2ccccc2)c(=O)n2n1[C@H]1[C@H]3C4C5[C@]16[C@@H]1O[C@@H]1[C@@H]1O[C@@H]1[C@@]56[C@@H]2[C@@H]43. The Kier molecular flexibility index (Phi) is 1.36. The van der Waals surface area contributed by atoms with Crippen molar-refractivity contribution >= 4 is 0 Å². The normalized spacial score (nSPS) is 61.6. The average molecular weight is 361 g/mol. The van der Waals surface area contributed by atoms with Crippen LogP contribution in [-0.2, 0) is 9.47 Å². The maximum atomic E-state index is 13.5. The van der Waals surface area contributed by atoms with Gasteiger partial charge in [0.05, 0.1) is 30.0 Å². The predicted octanol–water partition coefficient (Wildman–Crippen LogP) is -0.0631. The van der Waals surface area contributed by atoms with Crippen molar-refractivity contribution in [1.29, 1.82) is 0 Å². The lowest BCUT2D eigenvalue weighted by atomic mass is 9.64. The number of epoxide rings is 2. The highest BCUT2D eigenvalue weighted by Crippen LogP contribution is 3.07. The second kappa shape index (κ2) is 2.97. The Morgan fingerprint density at radius 2 is 1.33 bits per heavy atom. The molecule has 4 aliphatic heterocycles. The molecule has 5 aliphatic carbocycles. The van der Waals surface area contributed by atoms with E-state index in [2.05, 4.69) is 0 Å². The van der Waals surface area contributed by atoms with E-state index in [9.17, 15) is 9.59 Å². The van der Waals surface area contributed by atoms with Gasteiger partial charge in [-0.05, 0) is 35.8 Å². The Bertz CT molecular complexity index is 1200. The van der Waals surface area contributed by atoms with Crippen LogP contribution in [0.3, 0.4) is 0 Å². The van der Waals surface area contributed by atoms with Crippen LogP contribution >= 0.6 is 0 Å². The molecule has 2 unspecified atom stereocenters. The van der Waals surface area contributed by atoms with E-state index in [4.69, 9.17) is 9.47 Å². The Morgan fingerprint density at radius 3 is 1.89 bits per heavy atom. The molecule has 2 aromatic rings. The summed E-state index contributed by atoms with van der Waals surface area (Å²) in [5, 5.41) is 0. The molecule has 0 N–H and O–H groups in total. The second-order valence-corrected chi connectivity index (χ2v) is 9.93. The number of benzene rings is 1. The molecule has 5 saturated carbocycles. The van der Waals surface area contributed by atoms with Crippen LogP contribution < -0.4 is 11.4 Å². The van der Waals surface area contributed by atoms with Crippen molar-refractivity contribution in [2.24, 2.45) is 34.5 Å². The number of hydrogen-bond donors (Lipinski definition) is 0. The fourth-order valence-corrected chi connectivity index (χ4v) is 9.63. The first-order valence-corrected chi connectivity index (χ1v) is 10.1. The lowest BCUT2D eigenvalue weighted by Gasteiger charge is -2.48. The van der Waals surface area contributed by atoms with Gasteiger partial charge in [0, 0.05) is 10.8 Å². The van der Waals surface area contributed by atoms with E-state index in [0.29, 0.717) is 29.4 Å². The lowest BCUT2D eigenvalue weighted by molar-refractivity contribution is -0.0267. The molecule has 2 bridgehead atoms. The van der Waals surface area contributed by atoms with Crippen molar-refractivity contribution < 1.29 is 9.47 Å². The zero-order valence-electron chi connectivity index (χ0n) is 14.1. The van der Waals surface area contributed by atoms with Crippen LogP contribution in [0.4, 0.5) is 0 Å². The minimum absolute atomic E-state index is 0.0726. The van der Waals surface area contributed by atoms with E-state index >= 15 is 0 Å². The Labute approximate surface area is 152 Å². The summed E-state index contributed by atoms with van der Waals surface area (Å²) in [5.74, 6) is 2.44. The van der Waals surface area contributed by atoms with Crippen LogP contribution in [0, 0.1) is 34.5 Å². The van der Waals surface area contributed by atoms with Crippen molar-refractivity contribution in [2.45, 2.75) is 36.5 Å². The third-order valence-electron chi connectivity index (χ3n) is 9.85. The third kappa shape index (κ3) is 0.809. The highest BCUT2D eigenvalue weighted by Gasteiger charge is 3.11. The molecule has 0 amide bonds. The first kappa shape index (κ1) is 12.4. The van der Waals surface area contributed by atoms with E-state index in [1.165, 1.54) is 4.57 Å². The maximum absolute atomic E-state index is 13.5. The van der Waals surface area contributed by atoms with Gasteiger partial charge < -0.3 is 9.47 Å². The quantitative estimate of drug-likeness (QED) is 0.667. The average Bonchev–Trinajstić information content (AvgIpc) is 3.51. The number of fused-ring (bicyclic) bond motifs is 3. The van der Waals surface area contributed by atoms with Crippen molar-refractivity contribution in [3.63, 3.8) is 0 Å². The first-order valence-electron chi connectivity index (χ1n) is 10.1.